The van der Waals surface area contributed by atoms with Gasteiger partial charge in [0, 0.05) is 32.4 Å². The molecule has 0 radical (unpaired) electrons. The third kappa shape index (κ3) is 3.28. The summed E-state index contributed by atoms with van der Waals surface area (Å²) in [5.41, 5.74) is 0. The van der Waals surface area contributed by atoms with Crippen molar-refractivity contribution in [2.45, 2.75) is 30.8 Å². The molecule has 1 aromatic heterocycles. The number of imidazole rings is 1. The van der Waals surface area contributed by atoms with E-state index in [1.165, 1.54) is 4.31 Å². The molecule has 2 heterocycles. The van der Waals surface area contributed by atoms with Gasteiger partial charge in [0.05, 0.1) is 0 Å². The van der Waals surface area contributed by atoms with Crippen molar-refractivity contribution in [3.05, 3.63) is 12.0 Å². The number of sulfonamides is 1. The number of halogens is 1. The quantitative estimate of drug-likeness (QED) is 0.884. The highest BCUT2D eigenvalue weighted by molar-refractivity contribution is 7.89. The number of aryl methyl sites for hydroxylation is 2. The van der Waals surface area contributed by atoms with E-state index in [9.17, 15) is 8.42 Å². The number of hydrogen-bond donors (Lipinski definition) is 1. The lowest BCUT2D eigenvalue weighted by molar-refractivity contribution is 0.298. The van der Waals surface area contributed by atoms with Crippen LogP contribution in [0.1, 0.15) is 18.7 Å². The molecule has 0 amide bonds. The fraction of sp³-hybridized carbons (Fsp3) is 0.727. The van der Waals surface area contributed by atoms with Crippen LogP contribution in [0.2, 0.25) is 0 Å². The Balaban J connectivity index is 0.00000180. The highest BCUT2D eigenvalue weighted by Crippen LogP contribution is 2.19. The Morgan fingerprint density at radius 2 is 1.95 bits per heavy atom. The third-order valence-corrected chi connectivity index (χ3v) is 5.32. The maximum atomic E-state index is 12.4. The van der Waals surface area contributed by atoms with Crippen molar-refractivity contribution in [2.75, 3.05) is 20.1 Å². The molecular formula is C11H21ClN4O2S. The predicted molar refractivity (Wildman–Crippen MR) is 76.0 cm³/mol. The fourth-order valence-electron chi connectivity index (χ4n) is 2.17. The molecule has 1 fully saturated rings. The molecule has 1 saturated heterocycles. The zero-order valence-corrected chi connectivity index (χ0v) is 13.1. The maximum absolute atomic E-state index is 12.4. The summed E-state index contributed by atoms with van der Waals surface area (Å²) in [7, 11) is 0.292. The smallest absolute Gasteiger partial charge is 0.262 e. The van der Waals surface area contributed by atoms with Gasteiger partial charge in [-0.3, -0.25) is 0 Å². The first kappa shape index (κ1) is 16.4. The van der Waals surface area contributed by atoms with E-state index in [1.54, 1.807) is 24.7 Å². The van der Waals surface area contributed by atoms with E-state index in [0.29, 0.717) is 25.0 Å². The average Bonchev–Trinajstić information content (AvgIpc) is 2.70. The lowest BCUT2D eigenvalue weighted by atomic mass is 10.1. The van der Waals surface area contributed by atoms with E-state index in [1.807, 2.05) is 7.05 Å². The fourth-order valence-corrected chi connectivity index (χ4v) is 3.66. The second-order valence-electron chi connectivity index (χ2n) is 4.70. The van der Waals surface area contributed by atoms with Gasteiger partial charge < -0.3 is 9.88 Å². The van der Waals surface area contributed by atoms with Crippen LogP contribution in [-0.2, 0) is 17.1 Å². The van der Waals surface area contributed by atoms with E-state index in [0.717, 1.165) is 12.8 Å². The van der Waals surface area contributed by atoms with Gasteiger partial charge >= 0.3 is 0 Å². The minimum absolute atomic E-state index is 0. The van der Waals surface area contributed by atoms with Crippen LogP contribution < -0.4 is 5.32 Å². The zero-order chi connectivity index (χ0) is 13.3. The molecular weight excluding hydrogens is 288 g/mol. The van der Waals surface area contributed by atoms with Crippen LogP contribution in [0.5, 0.6) is 0 Å². The van der Waals surface area contributed by atoms with Crippen molar-refractivity contribution >= 4 is 22.4 Å². The average molecular weight is 309 g/mol. The molecule has 0 aromatic carbocycles. The molecule has 6 nitrogen and oxygen atoms in total. The molecule has 1 aliphatic heterocycles. The Hall–Kier alpha value is -0.630. The minimum Gasteiger partial charge on any atom is -0.337 e. The number of nitrogens with one attached hydrogen (secondary N) is 1. The molecule has 0 bridgehead atoms. The summed E-state index contributed by atoms with van der Waals surface area (Å²) in [6.45, 7) is 2.92. The van der Waals surface area contributed by atoms with Gasteiger partial charge in [-0.05, 0) is 26.8 Å². The highest BCUT2D eigenvalue weighted by atomic mass is 35.5. The number of piperidine rings is 1. The van der Waals surface area contributed by atoms with E-state index >= 15 is 0 Å². The van der Waals surface area contributed by atoms with E-state index in [4.69, 9.17) is 0 Å². The molecule has 0 spiro atoms. The van der Waals surface area contributed by atoms with Gasteiger partial charge in [-0.2, -0.15) is 4.31 Å². The summed E-state index contributed by atoms with van der Waals surface area (Å²) in [5.74, 6) is 0.707. The number of rotatable bonds is 3. The lowest BCUT2D eigenvalue weighted by Crippen LogP contribution is -2.43. The van der Waals surface area contributed by atoms with Crippen LogP contribution in [-0.4, -0.2) is 48.5 Å². The van der Waals surface area contributed by atoms with Gasteiger partial charge in [-0.15, -0.1) is 12.4 Å². The van der Waals surface area contributed by atoms with Gasteiger partial charge in [0.25, 0.3) is 10.0 Å². The SMILES string of the molecule is CNC1CCN(S(=O)(=O)c2cn(C)c(C)n2)CC1.Cl. The van der Waals surface area contributed by atoms with Crippen molar-refractivity contribution < 1.29 is 8.42 Å². The van der Waals surface area contributed by atoms with Crippen molar-refractivity contribution in [2.24, 2.45) is 7.05 Å². The lowest BCUT2D eigenvalue weighted by Gasteiger charge is -2.30. The highest BCUT2D eigenvalue weighted by Gasteiger charge is 2.30. The third-order valence-electron chi connectivity index (χ3n) is 3.55. The Kier molecular flexibility index (Phi) is 5.37. The van der Waals surface area contributed by atoms with Crippen molar-refractivity contribution in [3.63, 3.8) is 0 Å². The van der Waals surface area contributed by atoms with E-state index in [-0.39, 0.29) is 17.4 Å². The Labute approximate surface area is 120 Å². The molecule has 1 N–H and O–H groups in total. The largest absolute Gasteiger partial charge is 0.337 e. The predicted octanol–water partition coefficient (Wildman–Crippen LogP) is 0.523. The Morgan fingerprint density at radius 3 is 2.37 bits per heavy atom. The molecule has 0 aliphatic carbocycles. The topological polar surface area (TPSA) is 67.2 Å². The van der Waals surface area contributed by atoms with Crippen LogP contribution in [0, 0.1) is 6.92 Å². The molecule has 2 rings (SSSR count). The van der Waals surface area contributed by atoms with Crippen molar-refractivity contribution in [1.29, 1.82) is 0 Å². The second kappa shape index (κ2) is 6.21. The molecule has 1 aliphatic rings. The zero-order valence-electron chi connectivity index (χ0n) is 11.5. The van der Waals surface area contributed by atoms with Crippen LogP contribution >= 0.6 is 12.4 Å². The summed E-state index contributed by atoms with van der Waals surface area (Å²) < 4.78 is 28.0. The summed E-state index contributed by atoms with van der Waals surface area (Å²) in [6.07, 6.45) is 3.28. The van der Waals surface area contributed by atoms with E-state index < -0.39 is 10.0 Å². The Morgan fingerprint density at radius 1 is 1.37 bits per heavy atom. The monoisotopic (exact) mass is 308 g/mol. The van der Waals surface area contributed by atoms with Gasteiger partial charge in [0.1, 0.15) is 5.82 Å². The molecule has 0 atom stereocenters. The molecule has 0 unspecified atom stereocenters. The van der Waals surface area contributed by atoms with Crippen LogP contribution in [0.15, 0.2) is 11.2 Å². The standard InChI is InChI=1S/C11H20N4O2S.ClH/c1-9-13-11(8-14(9)3)18(16,17)15-6-4-10(12-2)5-7-15;/h8,10,12H,4-7H2,1-3H3;1H. The first-order valence-electron chi connectivity index (χ1n) is 6.12. The van der Waals surface area contributed by atoms with Crippen molar-refractivity contribution in [3.8, 4) is 0 Å². The first-order chi connectivity index (χ1) is 8.45. The maximum Gasteiger partial charge on any atom is 0.262 e. The first-order valence-corrected chi connectivity index (χ1v) is 7.56. The van der Waals surface area contributed by atoms with Gasteiger partial charge in [0.15, 0.2) is 5.03 Å². The Bertz CT molecular complexity index is 501. The molecule has 8 heteroatoms. The number of aromatic nitrogens is 2. The number of nitrogens with zero attached hydrogens (tertiary/aromatic N) is 3. The summed E-state index contributed by atoms with van der Waals surface area (Å²) in [4.78, 5) is 4.11. The normalized spacial score (nSPS) is 18.3. The van der Waals surface area contributed by atoms with Gasteiger partial charge in [0.2, 0.25) is 0 Å². The van der Waals surface area contributed by atoms with E-state index in [2.05, 4.69) is 10.3 Å². The van der Waals surface area contributed by atoms with Crippen LogP contribution in [0.4, 0.5) is 0 Å². The molecule has 110 valence electrons. The minimum atomic E-state index is -3.42. The van der Waals surface area contributed by atoms with Crippen molar-refractivity contribution in [1.82, 2.24) is 19.2 Å². The number of hydrogen-bond acceptors (Lipinski definition) is 4. The van der Waals surface area contributed by atoms with Gasteiger partial charge in [-0.25, -0.2) is 13.4 Å². The second-order valence-corrected chi connectivity index (χ2v) is 6.59. The van der Waals surface area contributed by atoms with Crippen LogP contribution in [0.3, 0.4) is 0 Å². The van der Waals surface area contributed by atoms with Crippen LogP contribution in [0.25, 0.3) is 0 Å². The molecule has 0 saturated carbocycles. The molecule has 1 aromatic rings. The molecule has 19 heavy (non-hydrogen) atoms. The van der Waals surface area contributed by atoms with Gasteiger partial charge in [-0.1, -0.05) is 0 Å². The summed E-state index contributed by atoms with van der Waals surface area (Å²) >= 11 is 0. The summed E-state index contributed by atoms with van der Waals surface area (Å²) in [6, 6.07) is 0.418. The summed E-state index contributed by atoms with van der Waals surface area (Å²) in [5, 5.41) is 3.35.